The van der Waals surface area contributed by atoms with Crippen molar-refractivity contribution in [2.75, 3.05) is 11.9 Å². The summed E-state index contributed by atoms with van der Waals surface area (Å²) in [6, 6.07) is 4.12. The molecule has 1 aromatic rings. The molecule has 0 aromatic heterocycles. The van der Waals surface area contributed by atoms with Gasteiger partial charge in [-0.15, -0.1) is 0 Å². The Labute approximate surface area is 122 Å². The number of nitrogens with zero attached hydrogens (tertiary/aromatic N) is 1. The molecule has 1 aromatic carbocycles. The maximum Gasteiger partial charge on any atom is 0.326 e. The van der Waals surface area contributed by atoms with Crippen molar-refractivity contribution in [3.05, 3.63) is 30.1 Å². The molecule has 1 heterocycles. The smallest absolute Gasteiger partial charge is 0.326 e. The molecule has 6 heteroatoms. The van der Waals surface area contributed by atoms with Gasteiger partial charge < -0.3 is 15.3 Å². The lowest BCUT2D eigenvalue weighted by molar-refractivity contribution is -0.143. The van der Waals surface area contributed by atoms with E-state index in [1.807, 2.05) is 6.92 Å². The Bertz CT molecular complexity index is 518. The van der Waals surface area contributed by atoms with E-state index in [1.54, 1.807) is 0 Å². The van der Waals surface area contributed by atoms with Crippen LogP contribution < -0.4 is 5.32 Å². The molecule has 2 unspecified atom stereocenters. The molecule has 1 aliphatic rings. The Balaban J connectivity index is 2.06. The van der Waals surface area contributed by atoms with Gasteiger partial charge in [0.25, 0.3) is 0 Å². The number of aliphatic carboxylic acids is 1. The molecule has 2 atom stereocenters. The lowest BCUT2D eigenvalue weighted by atomic mass is 9.89. The quantitative estimate of drug-likeness (QED) is 0.900. The van der Waals surface area contributed by atoms with Gasteiger partial charge in [-0.1, -0.05) is 13.3 Å². The van der Waals surface area contributed by atoms with E-state index in [-0.39, 0.29) is 5.82 Å². The molecule has 2 N–H and O–H groups in total. The number of rotatable bonds is 3. The number of hydrogen-bond donors (Lipinski definition) is 2. The maximum atomic E-state index is 12.8. The van der Waals surface area contributed by atoms with Gasteiger partial charge in [0.2, 0.25) is 0 Å². The fourth-order valence-electron chi connectivity index (χ4n) is 2.61. The number of nitrogens with one attached hydrogen (secondary N) is 1. The van der Waals surface area contributed by atoms with E-state index in [9.17, 15) is 19.1 Å². The highest BCUT2D eigenvalue weighted by atomic mass is 19.1. The molecule has 2 amide bonds. The van der Waals surface area contributed by atoms with E-state index in [1.165, 1.54) is 29.2 Å². The van der Waals surface area contributed by atoms with E-state index in [0.29, 0.717) is 24.6 Å². The fourth-order valence-corrected chi connectivity index (χ4v) is 2.61. The molecular weight excluding hydrogens is 275 g/mol. The van der Waals surface area contributed by atoms with Gasteiger partial charge in [-0.3, -0.25) is 0 Å². The summed E-state index contributed by atoms with van der Waals surface area (Å²) in [6.45, 7) is 2.44. The van der Waals surface area contributed by atoms with Crippen molar-refractivity contribution in [1.82, 2.24) is 4.90 Å². The van der Waals surface area contributed by atoms with Crippen LogP contribution in [-0.2, 0) is 4.79 Å². The van der Waals surface area contributed by atoms with Crippen LogP contribution in [0.2, 0.25) is 0 Å². The third kappa shape index (κ3) is 3.71. The number of piperidine rings is 1. The number of carboxylic acid groups (broad SMARTS) is 1. The SMILES string of the molecule is CCC1CCN(C(=O)Nc2ccc(F)cc2)C(C(=O)O)C1. The summed E-state index contributed by atoms with van der Waals surface area (Å²) < 4.78 is 12.8. The van der Waals surface area contributed by atoms with Crippen LogP contribution in [0.5, 0.6) is 0 Å². The highest BCUT2D eigenvalue weighted by molar-refractivity contribution is 5.92. The number of carboxylic acids is 1. The molecule has 0 spiro atoms. The predicted octanol–water partition coefficient (Wildman–Crippen LogP) is 2.93. The van der Waals surface area contributed by atoms with E-state index < -0.39 is 18.0 Å². The Morgan fingerprint density at radius 3 is 2.62 bits per heavy atom. The van der Waals surface area contributed by atoms with Gasteiger partial charge in [-0.2, -0.15) is 0 Å². The number of urea groups is 1. The van der Waals surface area contributed by atoms with Crippen LogP contribution in [0.1, 0.15) is 26.2 Å². The molecule has 0 aliphatic carbocycles. The van der Waals surface area contributed by atoms with Crippen LogP contribution in [-0.4, -0.2) is 34.6 Å². The monoisotopic (exact) mass is 294 g/mol. The summed E-state index contributed by atoms with van der Waals surface area (Å²) in [6.07, 6.45) is 2.19. The Morgan fingerprint density at radius 1 is 1.38 bits per heavy atom. The number of benzene rings is 1. The zero-order chi connectivity index (χ0) is 15.4. The van der Waals surface area contributed by atoms with E-state index >= 15 is 0 Å². The zero-order valence-corrected chi connectivity index (χ0v) is 11.9. The number of halogens is 1. The maximum absolute atomic E-state index is 12.8. The summed E-state index contributed by atoms with van der Waals surface area (Å²) in [5.41, 5.74) is 0.447. The minimum Gasteiger partial charge on any atom is -0.480 e. The van der Waals surface area contributed by atoms with Gasteiger partial charge in [0, 0.05) is 12.2 Å². The van der Waals surface area contributed by atoms with Crippen LogP contribution in [0.3, 0.4) is 0 Å². The Kier molecular flexibility index (Phi) is 4.77. The van der Waals surface area contributed by atoms with Crippen LogP contribution in [0.25, 0.3) is 0 Å². The topological polar surface area (TPSA) is 69.6 Å². The Hall–Kier alpha value is -2.11. The zero-order valence-electron chi connectivity index (χ0n) is 11.9. The van der Waals surface area contributed by atoms with Crippen molar-refractivity contribution in [3.63, 3.8) is 0 Å². The second kappa shape index (κ2) is 6.56. The summed E-state index contributed by atoms with van der Waals surface area (Å²) in [4.78, 5) is 24.9. The van der Waals surface area contributed by atoms with E-state index in [0.717, 1.165) is 12.8 Å². The first kappa shape index (κ1) is 15.3. The first-order valence-electron chi connectivity index (χ1n) is 7.07. The average Bonchev–Trinajstić information content (AvgIpc) is 2.48. The summed E-state index contributed by atoms with van der Waals surface area (Å²) in [5, 5.41) is 11.9. The normalized spacial score (nSPS) is 21.9. The first-order chi connectivity index (χ1) is 10.0. The summed E-state index contributed by atoms with van der Waals surface area (Å²) in [5.74, 6) is -1.04. The van der Waals surface area contributed by atoms with Gasteiger partial charge in [-0.05, 0) is 43.0 Å². The molecule has 114 valence electrons. The van der Waals surface area contributed by atoms with Crippen LogP contribution in [0.15, 0.2) is 24.3 Å². The number of amides is 2. The first-order valence-corrected chi connectivity index (χ1v) is 7.07. The molecular formula is C15H19FN2O3. The summed E-state index contributed by atoms with van der Waals surface area (Å²) in [7, 11) is 0. The van der Waals surface area contributed by atoms with Gasteiger partial charge in [-0.25, -0.2) is 14.0 Å². The molecule has 5 nitrogen and oxygen atoms in total. The number of anilines is 1. The fraction of sp³-hybridized carbons (Fsp3) is 0.467. The predicted molar refractivity (Wildman–Crippen MR) is 76.6 cm³/mol. The van der Waals surface area contributed by atoms with Crippen molar-refractivity contribution in [1.29, 1.82) is 0 Å². The number of hydrogen-bond acceptors (Lipinski definition) is 2. The molecule has 1 aliphatic heterocycles. The van der Waals surface area contributed by atoms with Crippen molar-refractivity contribution >= 4 is 17.7 Å². The molecule has 0 bridgehead atoms. The molecule has 0 radical (unpaired) electrons. The van der Waals surface area contributed by atoms with Gasteiger partial charge in [0.1, 0.15) is 11.9 Å². The highest BCUT2D eigenvalue weighted by Gasteiger charge is 2.35. The second-order valence-electron chi connectivity index (χ2n) is 5.28. The molecule has 21 heavy (non-hydrogen) atoms. The summed E-state index contributed by atoms with van der Waals surface area (Å²) >= 11 is 0. The van der Waals surface area contributed by atoms with Crippen molar-refractivity contribution in [2.24, 2.45) is 5.92 Å². The number of carbonyl (C=O) groups excluding carboxylic acids is 1. The van der Waals surface area contributed by atoms with Gasteiger partial charge >= 0.3 is 12.0 Å². The molecule has 2 rings (SSSR count). The third-order valence-electron chi connectivity index (χ3n) is 3.93. The van der Waals surface area contributed by atoms with Crippen molar-refractivity contribution in [3.8, 4) is 0 Å². The van der Waals surface area contributed by atoms with Crippen LogP contribution in [0, 0.1) is 11.7 Å². The van der Waals surface area contributed by atoms with Gasteiger partial charge in [0.15, 0.2) is 0 Å². The number of carbonyl (C=O) groups is 2. The molecule has 1 fully saturated rings. The standard InChI is InChI=1S/C15H19FN2O3/c1-2-10-7-8-18(13(9-10)14(19)20)15(21)17-12-5-3-11(16)4-6-12/h3-6,10,13H,2,7-9H2,1H3,(H,17,21)(H,19,20). The van der Waals surface area contributed by atoms with E-state index in [4.69, 9.17) is 0 Å². The van der Waals surface area contributed by atoms with Gasteiger partial charge in [0.05, 0.1) is 0 Å². The van der Waals surface area contributed by atoms with Crippen molar-refractivity contribution in [2.45, 2.75) is 32.2 Å². The minimum atomic E-state index is -0.984. The second-order valence-corrected chi connectivity index (χ2v) is 5.28. The Morgan fingerprint density at radius 2 is 2.05 bits per heavy atom. The van der Waals surface area contributed by atoms with Crippen molar-refractivity contribution < 1.29 is 19.1 Å². The lowest BCUT2D eigenvalue weighted by Gasteiger charge is -2.36. The third-order valence-corrected chi connectivity index (χ3v) is 3.93. The minimum absolute atomic E-state index is 0.334. The van der Waals surface area contributed by atoms with E-state index in [2.05, 4.69) is 5.32 Å². The highest BCUT2D eigenvalue weighted by Crippen LogP contribution is 2.26. The van der Waals surface area contributed by atoms with Crippen LogP contribution >= 0.6 is 0 Å². The number of likely N-dealkylation sites (tertiary alicyclic amines) is 1. The molecule has 0 saturated carbocycles. The lowest BCUT2D eigenvalue weighted by Crippen LogP contribution is -2.51. The molecule has 1 saturated heterocycles. The van der Waals surface area contributed by atoms with Crippen LogP contribution in [0.4, 0.5) is 14.9 Å². The average molecular weight is 294 g/mol. The largest absolute Gasteiger partial charge is 0.480 e.